The molecule has 0 aromatic carbocycles. The van der Waals surface area contributed by atoms with E-state index in [1.165, 1.54) is 0 Å². The van der Waals surface area contributed by atoms with Crippen molar-refractivity contribution in [2.24, 2.45) is 5.73 Å². The molecule has 5 nitrogen and oxygen atoms in total. The highest BCUT2D eigenvalue weighted by atomic mass is 16.4. The number of carboxylic acids is 1. The number of nitrogens with one attached hydrogen (secondary N) is 1. The van der Waals surface area contributed by atoms with Crippen molar-refractivity contribution in [3.05, 3.63) is 0 Å². The van der Waals surface area contributed by atoms with E-state index in [2.05, 4.69) is 24.1 Å². The highest BCUT2D eigenvalue weighted by Gasteiger charge is 2.09. The van der Waals surface area contributed by atoms with Gasteiger partial charge in [0.2, 0.25) is 0 Å². The van der Waals surface area contributed by atoms with E-state index < -0.39 is 12.0 Å². The molecule has 0 bridgehead atoms. The maximum atomic E-state index is 10.4. The lowest BCUT2D eigenvalue weighted by Crippen LogP contribution is -2.41. The fourth-order valence-corrected chi connectivity index (χ4v) is 1.31. The third kappa shape index (κ3) is 7.30. The van der Waals surface area contributed by atoms with Gasteiger partial charge in [0.05, 0.1) is 0 Å². The van der Waals surface area contributed by atoms with E-state index in [1.54, 1.807) is 0 Å². The van der Waals surface area contributed by atoms with E-state index in [4.69, 9.17) is 10.8 Å². The van der Waals surface area contributed by atoms with Crippen LogP contribution < -0.4 is 11.1 Å². The van der Waals surface area contributed by atoms with Gasteiger partial charge in [0.1, 0.15) is 6.04 Å². The van der Waals surface area contributed by atoms with Crippen LogP contribution in [-0.2, 0) is 4.79 Å². The van der Waals surface area contributed by atoms with Gasteiger partial charge >= 0.3 is 5.97 Å². The van der Waals surface area contributed by atoms with Gasteiger partial charge in [-0.3, -0.25) is 4.79 Å². The van der Waals surface area contributed by atoms with Crippen LogP contribution in [0.15, 0.2) is 0 Å². The molecule has 0 fully saturated rings. The first kappa shape index (κ1) is 14.3. The van der Waals surface area contributed by atoms with Gasteiger partial charge in [-0.15, -0.1) is 0 Å². The standard InChI is InChI=1S/C10H23N3O2/c1-3-13(4-2)7-5-6-12-8-9(11)10(14)15/h9,12H,3-8,11H2,1-2H3,(H,14,15). The van der Waals surface area contributed by atoms with Crippen LogP contribution in [0.2, 0.25) is 0 Å². The SMILES string of the molecule is CCN(CC)CCCNCC(N)C(=O)O. The Hall–Kier alpha value is -0.650. The fraction of sp³-hybridized carbons (Fsp3) is 0.900. The second kappa shape index (κ2) is 8.64. The Bertz CT molecular complexity index is 172. The molecule has 90 valence electrons. The van der Waals surface area contributed by atoms with E-state index in [9.17, 15) is 4.79 Å². The molecule has 0 aliphatic carbocycles. The van der Waals surface area contributed by atoms with Crippen LogP contribution in [0.3, 0.4) is 0 Å². The lowest BCUT2D eigenvalue weighted by atomic mass is 10.3. The molecule has 0 aromatic heterocycles. The Labute approximate surface area is 91.6 Å². The maximum Gasteiger partial charge on any atom is 0.321 e. The van der Waals surface area contributed by atoms with Gasteiger partial charge in [0.25, 0.3) is 0 Å². The summed E-state index contributed by atoms with van der Waals surface area (Å²) in [5.74, 6) is -0.953. The molecule has 15 heavy (non-hydrogen) atoms. The highest BCUT2D eigenvalue weighted by Crippen LogP contribution is 1.89. The van der Waals surface area contributed by atoms with Gasteiger partial charge in [0.15, 0.2) is 0 Å². The van der Waals surface area contributed by atoms with E-state index in [1.807, 2.05) is 0 Å². The van der Waals surface area contributed by atoms with Gasteiger partial charge < -0.3 is 21.1 Å². The molecule has 0 aliphatic rings. The fourth-order valence-electron chi connectivity index (χ4n) is 1.31. The van der Waals surface area contributed by atoms with Gasteiger partial charge in [-0.2, -0.15) is 0 Å². The van der Waals surface area contributed by atoms with Crippen LogP contribution in [0.4, 0.5) is 0 Å². The number of aliphatic carboxylic acids is 1. The van der Waals surface area contributed by atoms with Crippen molar-refractivity contribution in [3.63, 3.8) is 0 Å². The second-order valence-electron chi connectivity index (χ2n) is 3.53. The molecule has 0 radical (unpaired) electrons. The van der Waals surface area contributed by atoms with Crippen molar-refractivity contribution in [1.82, 2.24) is 10.2 Å². The number of carboxylic acid groups (broad SMARTS) is 1. The van der Waals surface area contributed by atoms with E-state index in [0.29, 0.717) is 6.54 Å². The summed E-state index contributed by atoms with van der Waals surface area (Å²) in [6, 6.07) is -0.793. The summed E-state index contributed by atoms with van der Waals surface area (Å²) < 4.78 is 0. The number of hydrogen-bond donors (Lipinski definition) is 3. The van der Waals surface area contributed by atoms with Crippen LogP contribution in [0.5, 0.6) is 0 Å². The molecule has 0 amide bonds. The number of rotatable bonds is 9. The maximum absolute atomic E-state index is 10.4. The molecule has 0 spiro atoms. The summed E-state index contributed by atoms with van der Waals surface area (Å²) in [7, 11) is 0. The summed E-state index contributed by atoms with van der Waals surface area (Å²) in [5.41, 5.74) is 5.34. The number of carbonyl (C=O) groups is 1. The smallest absolute Gasteiger partial charge is 0.321 e. The molecule has 1 atom stereocenters. The van der Waals surface area contributed by atoms with Crippen molar-refractivity contribution in [2.45, 2.75) is 26.3 Å². The Morgan fingerprint density at radius 1 is 1.47 bits per heavy atom. The minimum absolute atomic E-state index is 0.341. The van der Waals surface area contributed by atoms with Crippen molar-refractivity contribution in [1.29, 1.82) is 0 Å². The first-order chi connectivity index (χ1) is 7.11. The summed E-state index contributed by atoms with van der Waals surface area (Å²) in [4.78, 5) is 12.7. The predicted molar refractivity (Wildman–Crippen MR) is 60.9 cm³/mol. The largest absolute Gasteiger partial charge is 0.480 e. The molecule has 0 aromatic rings. The summed E-state index contributed by atoms with van der Waals surface area (Å²) >= 11 is 0. The van der Waals surface area contributed by atoms with Crippen LogP contribution in [0, 0.1) is 0 Å². The summed E-state index contributed by atoms with van der Waals surface area (Å²) in [6.07, 6.45) is 1.02. The topological polar surface area (TPSA) is 78.6 Å². The third-order valence-electron chi connectivity index (χ3n) is 2.40. The van der Waals surface area contributed by atoms with Crippen LogP contribution in [0.25, 0.3) is 0 Å². The molecule has 5 heteroatoms. The van der Waals surface area contributed by atoms with E-state index in [0.717, 1.165) is 32.6 Å². The summed E-state index contributed by atoms with van der Waals surface area (Å²) in [6.45, 7) is 8.60. The van der Waals surface area contributed by atoms with Crippen LogP contribution >= 0.6 is 0 Å². The molecule has 1 unspecified atom stereocenters. The zero-order valence-electron chi connectivity index (χ0n) is 9.70. The lowest BCUT2D eigenvalue weighted by Gasteiger charge is -2.17. The van der Waals surface area contributed by atoms with Crippen LogP contribution in [0.1, 0.15) is 20.3 Å². The van der Waals surface area contributed by atoms with Gasteiger partial charge in [-0.05, 0) is 32.6 Å². The van der Waals surface area contributed by atoms with Crippen LogP contribution in [-0.4, -0.2) is 54.7 Å². The molecule has 0 saturated carbocycles. The highest BCUT2D eigenvalue weighted by molar-refractivity contribution is 5.73. The molecular weight excluding hydrogens is 194 g/mol. The first-order valence-electron chi connectivity index (χ1n) is 5.53. The minimum atomic E-state index is -0.953. The monoisotopic (exact) mass is 217 g/mol. The number of hydrogen-bond acceptors (Lipinski definition) is 4. The molecular formula is C10H23N3O2. The van der Waals surface area contributed by atoms with Crippen molar-refractivity contribution in [2.75, 3.05) is 32.7 Å². The minimum Gasteiger partial charge on any atom is -0.480 e. The predicted octanol–water partition coefficient (Wildman–Crippen LogP) is -0.280. The Morgan fingerprint density at radius 3 is 2.53 bits per heavy atom. The van der Waals surface area contributed by atoms with Gasteiger partial charge in [-0.1, -0.05) is 13.8 Å². The Balaban J connectivity index is 3.35. The molecule has 0 heterocycles. The lowest BCUT2D eigenvalue weighted by molar-refractivity contribution is -0.138. The Morgan fingerprint density at radius 2 is 2.07 bits per heavy atom. The van der Waals surface area contributed by atoms with Gasteiger partial charge in [-0.25, -0.2) is 0 Å². The molecule has 0 rings (SSSR count). The zero-order chi connectivity index (χ0) is 11.7. The number of nitrogens with zero attached hydrogens (tertiary/aromatic N) is 1. The third-order valence-corrected chi connectivity index (χ3v) is 2.40. The normalized spacial score (nSPS) is 13.1. The average Bonchev–Trinajstić information content (AvgIpc) is 2.23. The summed E-state index contributed by atoms with van der Waals surface area (Å²) in [5, 5.41) is 11.6. The molecule has 0 aliphatic heterocycles. The Kier molecular flexibility index (Phi) is 8.27. The van der Waals surface area contributed by atoms with E-state index in [-0.39, 0.29) is 0 Å². The second-order valence-corrected chi connectivity index (χ2v) is 3.53. The quantitative estimate of drug-likeness (QED) is 0.463. The van der Waals surface area contributed by atoms with Crippen molar-refractivity contribution in [3.8, 4) is 0 Å². The average molecular weight is 217 g/mol. The molecule has 0 saturated heterocycles. The molecule has 4 N–H and O–H groups in total. The number of nitrogens with two attached hydrogens (primary N) is 1. The van der Waals surface area contributed by atoms with E-state index >= 15 is 0 Å². The van der Waals surface area contributed by atoms with Crippen molar-refractivity contribution < 1.29 is 9.90 Å². The van der Waals surface area contributed by atoms with Crippen molar-refractivity contribution >= 4 is 5.97 Å². The van der Waals surface area contributed by atoms with Gasteiger partial charge in [0, 0.05) is 6.54 Å². The zero-order valence-corrected chi connectivity index (χ0v) is 9.70. The first-order valence-corrected chi connectivity index (χ1v) is 5.53.